The van der Waals surface area contributed by atoms with Gasteiger partial charge >= 0.3 is 0 Å². The van der Waals surface area contributed by atoms with Gasteiger partial charge < -0.3 is 4.74 Å². The van der Waals surface area contributed by atoms with Gasteiger partial charge in [-0.25, -0.2) is 0 Å². The van der Waals surface area contributed by atoms with Crippen molar-refractivity contribution in [3.05, 3.63) is 0 Å². The highest BCUT2D eigenvalue weighted by molar-refractivity contribution is 6.49. The van der Waals surface area contributed by atoms with Gasteiger partial charge in [0.05, 0.1) is 12.2 Å². The van der Waals surface area contributed by atoms with Crippen molar-refractivity contribution in [3.8, 4) is 0 Å². The first-order chi connectivity index (χ1) is 5.00. The van der Waals surface area contributed by atoms with Crippen LogP contribution in [0.3, 0.4) is 0 Å². The summed E-state index contributed by atoms with van der Waals surface area (Å²) in [4.78, 5) is 0. The van der Waals surface area contributed by atoms with E-state index in [1.807, 2.05) is 13.8 Å². The fraction of sp³-hybridized carbons (Fsp3) is 1.00. The second-order valence-corrected chi connectivity index (χ2v) is 4.63. The topological polar surface area (TPSA) is 9.23 Å². The monoisotopic (exact) mass is 196 g/mol. The summed E-state index contributed by atoms with van der Waals surface area (Å²) in [6.45, 7) is 6.05. The molecule has 3 heteroatoms. The lowest BCUT2D eigenvalue weighted by atomic mass is 9.99. The van der Waals surface area contributed by atoms with Gasteiger partial charge in [0.2, 0.25) is 0 Å². The van der Waals surface area contributed by atoms with Crippen LogP contribution in [0.2, 0.25) is 0 Å². The Bertz CT molecular complexity index is 147. The second kappa shape index (κ2) is 3.12. The first kappa shape index (κ1) is 9.63. The number of hydrogen-bond donors (Lipinski definition) is 0. The van der Waals surface area contributed by atoms with Crippen molar-refractivity contribution in [1.82, 2.24) is 0 Å². The van der Waals surface area contributed by atoms with Crippen LogP contribution in [0.25, 0.3) is 0 Å². The third-order valence-corrected chi connectivity index (χ3v) is 3.79. The minimum atomic E-state index is -0.694. The van der Waals surface area contributed by atoms with Crippen LogP contribution in [-0.2, 0) is 4.74 Å². The summed E-state index contributed by atoms with van der Waals surface area (Å²) in [5.74, 6) is 0.228. The molecule has 0 aromatic heterocycles. The molecule has 1 heterocycles. The summed E-state index contributed by atoms with van der Waals surface area (Å²) in [7, 11) is 0. The van der Waals surface area contributed by atoms with Crippen LogP contribution in [0.4, 0.5) is 0 Å². The predicted molar refractivity (Wildman–Crippen MR) is 48.2 cm³/mol. The summed E-state index contributed by atoms with van der Waals surface area (Å²) in [6, 6.07) is 0. The molecule has 0 aromatic carbocycles. The standard InChI is InChI=1S/C8H14Cl2O/c1-4-7-5(2)8(9,10)6(3)11-7/h5-7H,4H2,1-3H3/t5-,6+,7-/m1/s1. The van der Waals surface area contributed by atoms with E-state index in [1.54, 1.807) is 0 Å². The molecule has 0 radical (unpaired) electrons. The molecule has 66 valence electrons. The van der Waals surface area contributed by atoms with E-state index in [4.69, 9.17) is 27.9 Å². The van der Waals surface area contributed by atoms with E-state index in [1.165, 1.54) is 0 Å². The van der Waals surface area contributed by atoms with Crippen LogP contribution < -0.4 is 0 Å². The predicted octanol–water partition coefficient (Wildman–Crippen LogP) is 2.99. The van der Waals surface area contributed by atoms with Crippen LogP contribution in [0, 0.1) is 5.92 Å². The zero-order valence-corrected chi connectivity index (χ0v) is 8.62. The molecular formula is C8H14Cl2O. The Kier molecular flexibility index (Phi) is 2.73. The molecule has 11 heavy (non-hydrogen) atoms. The third kappa shape index (κ3) is 1.51. The van der Waals surface area contributed by atoms with Gasteiger partial charge in [0.25, 0.3) is 0 Å². The number of rotatable bonds is 1. The van der Waals surface area contributed by atoms with Crippen LogP contribution in [-0.4, -0.2) is 16.5 Å². The molecule has 0 saturated carbocycles. The van der Waals surface area contributed by atoms with Crippen molar-refractivity contribution in [2.45, 2.75) is 43.7 Å². The van der Waals surface area contributed by atoms with E-state index < -0.39 is 4.33 Å². The highest BCUT2D eigenvalue weighted by Gasteiger charge is 2.49. The molecule has 0 N–H and O–H groups in total. The average molecular weight is 197 g/mol. The summed E-state index contributed by atoms with van der Waals surface area (Å²) in [5, 5.41) is 0. The Labute approximate surface area is 78.0 Å². The molecule has 0 aliphatic carbocycles. The quantitative estimate of drug-likeness (QED) is 0.587. The van der Waals surface area contributed by atoms with Crippen molar-refractivity contribution in [1.29, 1.82) is 0 Å². The zero-order chi connectivity index (χ0) is 8.65. The number of hydrogen-bond acceptors (Lipinski definition) is 1. The summed E-state index contributed by atoms with van der Waals surface area (Å²) >= 11 is 12.2. The molecule has 1 fully saturated rings. The normalized spacial score (nSPS) is 42.8. The molecule has 0 amide bonds. The van der Waals surface area contributed by atoms with Crippen LogP contribution in [0.5, 0.6) is 0 Å². The Morgan fingerprint density at radius 1 is 1.36 bits per heavy atom. The maximum absolute atomic E-state index is 6.08. The molecule has 1 aliphatic rings. The molecule has 1 saturated heterocycles. The summed E-state index contributed by atoms with van der Waals surface area (Å²) in [5.41, 5.74) is 0. The van der Waals surface area contributed by atoms with E-state index in [-0.39, 0.29) is 18.1 Å². The van der Waals surface area contributed by atoms with E-state index in [0.29, 0.717) is 0 Å². The number of alkyl halides is 2. The van der Waals surface area contributed by atoms with Crippen molar-refractivity contribution < 1.29 is 4.74 Å². The van der Waals surface area contributed by atoms with Crippen LogP contribution in [0.15, 0.2) is 0 Å². The lowest BCUT2D eigenvalue weighted by molar-refractivity contribution is 0.0430. The Morgan fingerprint density at radius 3 is 2.09 bits per heavy atom. The van der Waals surface area contributed by atoms with Crippen LogP contribution >= 0.6 is 23.2 Å². The Balaban J connectivity index is 2.71. The molecule has 3 atom stereocenters. The highest BCUT2D eigenvalue weighted by Crippen LogP contribution is 2.45. The van der Waals surface area contributed by atoms with E-state index >= 15 is 0 Å². The maximum Gasteiger partial charge on any atom is 0.148 e. The fourth-order valence-electron chi connectivity index (χ4n) is 1.54. The average Bonchev–Trinajstić information content (AvgIpc) is 2.14. The second-order valence-electron chi connectivity index (χ2n) is 3.19. The van der Waals surface area contributed by atoms with E-state index in [2.05, 4.69) is 6.92 Å². The first-order valence-electron chi connectivity index (χ1n) is 4.03. The SMILES string of the molecule is CC[C@H]1O[C@@H](C)C(Cl)(Cl)[C@@H]1C. The van der Waals surface area contributed by atoms with Crippen molar-refractivity contribution in [2.75, 3.05) is 0 Å². The van der Waals surface area contributed by atoms with Gasteiger partial charge in [0.1, 0.15) is 4.33 Å². The molecule has 1 nitrogen and oxygen atoms in total. The van der Waals surface area contributed by atoms with Gasteiger partial charge in [-0.2, -0.15) is 0 Å². The smallest absolute Gasteiger partial charge is 0.148 e. The van der Waals surface area contributed by atoms with Gasteiger partial charge in [-0.15, -0.1) is 0 Å². The van der Waals surface area contributed by atoms with Gasteiger partial charge in [-0.05, 0) is 13.3 Å². The Hall–Kier alpha value is 0.540. The van der Waals surface area contributed by atoms with E-state index in [9.17, 15) is 0 Å². The number of ether oxygens (including phenoxy) is 1. The van der Waals surface area contributed by atoms with E-state index in [0.717, 1.165) is 6.42 Å². The van der Waals surface area contributed by atoms with Crippen molar-refractivity contribution in [3.63, 3.8) is 0 Å². The fourth-order valence-corrected chi connectivity index (χ4v) is 1.92. The molecule has 0 aromatic rings. The maximum atomic E-state index is 6.08. The Morgan fingerprint density at radius 2 is 1.91 bits per heavy atom. The van der Waals surface area contributed by atoms with Crippen molar-refractivity contribution in [2.24, 2.45) is 5.92 Å². The minimum Gasteiger partial charge on any atom is -0.372 e. The first-order valence-corrected chi connectivity index (χ1v) is 4.79. The minimum absolute atomic E-state index is 0.0502. The molecular weight excluding hydrogens is 183 g/mol. The lowest BCUT2D eigenvalue weighted by Crippen LogP contribution is -2.29. The number of halogens is 2. The molecule has 0 bridgehead atoms. The molecule has 0 spiro atoms. The summed E-state index contributed by atoms with van der Waals surface area (Å²) < 4.78 is 4.88. The highest BCUT2D eigenvalue weighted by atomic mass is 35.5. The van der Waals surface area contributed by atoms with Gasteiger partial charge in [-0.1, -0.05) is 37.0 Å². The molecule has 1 rings (SSSR count). The molecule has 1 aliphatic heterocycles. The van der Waals surface area contributed by atoms with Gasteiger partial charge in [0, 0.05) is 5.92 Å². The van der Waals surface area contributed by atoms with Crippen LogP contribution in [0.1, 0.15) is 27.2 Å². The third-order valence-electron chi connectivity index (χ3n) is 2.49. The summed E-state index contributed by atoms with van der Waals surface area (Å²) in [6.07, 6.45) is 1.15. The van der Waals surface area contributed by atoms with Gasteiger partial charge in [0.15, 0.2) is 0 Å². The largest absolute Gasteiger partial charge is 0.372 e. The zero-order valence-electron chi connectivity index (χ0n) is 7.10. The lowest BCUT2D eigenvalue weighted by Gasteiger charge is -2.21. The van der Waals surface area contributed by atoms with Crippen molar-refractivity contribution >= 4 is 23.2 Å². The molecule has 0 unspecified atom stereocenters. The van der Waals surface area contributed by atoms with Gasteiger partial charge in [-0.3, -0.25) is 0 Å².